The van der Waals surface area contributed by atoms with E-state index in [2.05, 4.69) is 39.5 Å². The summed E-state index contributed by atoms with van der Waals surface area (Å²) in [5, 5.41) is 0. The zero-order valence-corrected chi connectivity index (χ0v) is 11.6. The average molecular weight is 238 g/mol. The highest BCUT2D eigenvalue weighted by Gasteiger charge is 2.16. The van der Waals surface area contributed by atoms with Gasteiger partial charge in [0.15, 0.2) is 0 Å². The van der Waals surface area contributed by atoms with Crippen molar-refractivity contribution < 1.29 is 4.74 Å². The summed E-state index contributed by atoms with van der Waals surface area (Å²) in [6.07, 6.45) is 0.929. The van der Waals surface area contributed by atoms with Crippen molar-refractivity contribution in [2.75, 3.05) is 13.2 Å². The zero-order chi connectivity index (χ0) is 12.2. The lowest BCUT2D eigenvalue weighted by Gasteiger charge is -2.15. The monoisotopic (exact) mass is 238 g/mol. The van der Waals surface area contributed by atoms with Crippen molar-refractivity contribution >= 4 is 16.9 Å². The van der Waals surface area contributed by atoms with Gasteiger partial charge in [0.2, 0.25) is 0 Å². The van der Waals surface area contributed by atoms with Gasteiger partial charge in [-0.15, -0.1) is 11.3 Å². The SMILES string of the molecule is C=C(CCOCC)c1ccc(C(C)(C)C)s1. The van der Waals surface area contributed by atoms with E-state index in [1.54, 1.807) is 0 Å². The summed E-state index contributed by atoms with van der Waals surface area (Å²) < 4.78 is 5.34. The Morgan fingerprint density at radius 2 is 2.06 bits per heavy atom. The van der Waals surface area contributed by atoms with Crippen molar-refractivity contribution in [3.8, 4) is 0 Å². The maximum absolute atomic E-state index is 5.34. The number of hydrogen-bond acceptors (Lipinski definition) is 2. The molecule has 1 rings (SSSR count). The van der Waals surface area contributed by atoms with Crippen LogP contribution in [-0.4, -0.2) is 13.2 Å². The fourth-order valence-electron chi connectivity index (χ4n) is 1.39. The minimum Gasteiger partial charge on any atom is -0.381 e. The number of rotatable bonds is 5. The second kappa shape index (κ2) is 5.65. The molecule has 0 aliphatic heterocycles. The molecular formula is C14H22OS. The average Bonchev–Trinajstić information content (AvgIpc) is 2.66. The van der Waals surface area contributed by atoms with Gasteiger partial charge in [-0.3, -0.25) is 0 Å². The van der Waals surface area contributed by atoms with Gasteiger partial charge in [0.25, 0.3) is 0 Å². The van der Waals surface area contributed by atoms with Gasteiger partial charge in [-0.1, -0.05) is 27.4 Å². The Morgan fingerprint density at radius 3 is 2.56 bits per heavy atom. The Bertz CT molecular complexity index is 344. The number of ether oxygens (including phenoxy) is 1. The lowest BCUT2D eigenvalue weighted by Crippen LogP contribution is -2.07. The summed E-state index contributed by atoms with van der Waals surface area (Å²) in [4.78, 5) is 2.71. The highest BCUT2D eigenvalue weighted by atomic mass is 32.1. The van der Waals surface area contributed by atoms with Crippen LogP contribution in [0.2, 0.25) is 0 Å². The quantitative estimate of drug-likeness (QED) is 0.687. The molecule has 0 unspecified atom stereocenters. The van der Waals surface area contributed by atoms with Gasteiger partial charge in [0, 0.05) is 16.4 Å². The van der Waals surface area contributed by atoms with E-state index in [1.165, 1.54) is 15.3 Å². The van der Waals surface area contributed by atoms with E-state index in [0.29, 0.717) is 0 Å². The van der Waals surface area contributed by atoms with Crippen molar-refractivity contribution in [2.45, 2.75) is 39.5 Å². The van der Waals surface area contributed by atoms with Gasteiger partial charge in [0.05, 0.1) is 6.61 Å². The standard InChI is InChI=1S/C14H22OS/c1-6-15-10-9-11(2)12-7-8-13(16-12)14(3,4)5/h7-8H,2,6,9-10H2,1,3-5H3. The minimum atomic E-state index is 0.239. The molecule has 0 aliphatic carbocycles. The molecule has 2 heteroatoms. The third-order valence-electron chi connectivity index (χ3n) is 2.45. The van der Waals surface area contributed by atoms with E-state index < -0.39 is 0 Å². The largest absolute Gasteiger partial charge is 0.381 e. The highest BCUT2D eigenvalue weighted by Crippen LogP contribution is 2.33. The molecule has 0 aliphatic rings. The molecule has 1 heterocycles. The Balaban J connectivity index is 2.60. The predicted octanol–water partition coefficient (Wildman–Crippen LogP) is 4.49. The first-order valence-corrected chi connectivity index (χ1v) is 6.63. The van der Waals surface area contributed by atoms with Gasteiger partial charge in [0.1, 0.15) is 0 Å². The first kappa shape index (κ1) is 13.5. The van der Waals surface area contributed by atoms with Crippen LogP contribution in [0.5, 0.6) is 0 Å². The third-order valence-corrected chi connectivity index (χ3v) is 4.06. The summed E-state index contributed by atoms with van der Waals surface area (Å²) >= 11 is 1.85. The second-order valence-electron chi connectivity index (χ2n) is 4.96. The first-order valence-electron chi connectivity index (χ1n) is 5.81. The lowest BCUT2D eigenvalue weighted by atomic mass is 9.95. The molecule has 0 atom stereocenters. The van der Waals surface area contributed by atoms with Crippen molar-refractivity contribution in [1.29, 1.82) is 0 Å². The molecule has 16 heavy (non-hydrogen) atoms. The van der Waals surface area contributed by atoms with Gasteiger partial charge in [-0.2, -0.15) is 0 Å². The molecule has 0 aromatic carbocycles. The van der Waals surface area contributed by atoms with Crippen molar-refractivity contribution in [3.05, 3.63) is 28.5 Å². The summed E-state index contributed by atoms with van der Waals surface area (Å²) in [5.41, 5.74) is 1.43. The number of thiophene rings is 1. The van der Waals surface area contributed by atoms with E-state index in [0.717, 1.165) is 19.6 Å². The molecule has 0 radical (unpaired) electrons. The van der Waals surface area contributed by atoms with Crippen LogP contribution in [-0.2, 0) is 10.2 Å². The van der Waals surface area contributed by atoms with Gasteiger partial charge in [-0.25, -0.2) is 0 Å². The van der Waals surface area contributed by atoms with E-state index in [1.807, 2.05) is 18.3 Å². The minimum absolute atomic E-state index is 0.239. The van der Waals surface area contributed by atoms with Crippen LogP contribution < -0.4 is 0 Å². The Morgan fingerprint density at radius 1 is 1.38 bits per heavy atom. The topological polar surface area (TPSA) is 9.23 Å². The van der Waals surface area contributed by atoms with E-state index in [4.69, 9.17) is 4.74 Å². The molecule has 0 saturated heterocycles. The Hall–Kier alpha value is -0.600. The molecule has 90 valence electrons. The summed E-state index contributed by atoms with van der Waals surface area (Å²) in [7, 11) is 0. The molecule has 0 fully saturated rings. The highest BCUT2D eigenvalue weighted by molar-refractivity contribution is 7.13. The van der Waals surface area contributed by atoms with Crippen molar-refractivity contribution in [3.63, 3.8) is 0 Å². The number of hydrogen-bond donors (Lipinski definition) is 0. The van der Waals surface area contributed by atoms with E-state index in [9.17, 15) is 0 Å². The molecular weight excluding hydrogens is 216 g/mol. The Kier molecular flexibility index (Phi) is 4.75. The molecule has 0 bridgehead atoms. The molecule has 1 nitrogen and oxygen atoms in total. The van der Waals surface area contributed by atoms with Crippen LogP contribution in [0.15, 0.2) is 18.7 Å². The molecule has 1 aromatic rings. The lowest BCUT2D eigenvalue weighted by molar-refractivity contribution is 0.154. The summed E-state index contributed by atoms with van der Waals surface area (Å²) in [6, 6.07) is 4.39. The molecule has 0 N–H and O–H groups in total. The smallest absolute Gasteiger partial charge is 0.0506 e. The molecule has 0 saturated carbocycles. The van der Waals surface area contributed by atoms with E-state index >= 15 is 0 Å². The maximum atomic E-state index is 5.34. The zero-order valence-electron chi connectivity index (χ0n) is 10.8. The fourth-order valence-corrected chi connectivity index (χ4v) is 2.46. The van der Waals surface area contributed by atoms with Crippen LogP contribution in [0, 0.1) is 0 Å². The summed E-state index contributed by atoms with van der Waals surface area (Å²) in [5.74, 6) is 0. The maximum Gasteiger partial charge on any atom is 0.0506 e. The van der Waals surface area contributed by atoms with Crippen molar-refractivity contribution in [1.82, 2.24) is 0 Å². The molecule has 0 amide bonds. The second-order valence-corrected chi connectivity index (χ2v) is 6.05. The molecule has 0 spiro atoms. The first-order chi connectivity index (χ1) is 7.45. The fraction of sp³-hybridized carbons (Fsp3) is 0.571. The van der Waals surface area contributed by atoms with Crippen LogP contribution in [0.4, 0.5) is 0 Å². The van der Waals surface area contributed by atoms with E-state index in [-0.39, 0.29) is 5.41 Å². The third kappa shape index (κ3) is 3.76. The van der Waals surface area contributed by atoms with Crippen LogP contribution in [0.25, 0.3) is 5.57 Å². The van der Waals surface area contributed by atoms with Gasteiger partial charge in [-0.05, 0) is 36.5 Å². The normalized spacial score (nSPS) is 11.8. The Labute approximate surface area is 103 Å². The van der Waals surface area contributed by atoms with Crippen molar-refractivity contribution in [2.24, 2.45) is 0 Å². The van der Waals surface area contributed by atoms with Gasteiger partial charge >= 0.3 is 0 Å². The summed E-state index contributed by atoms with van der Waals surface area (Å²) in [6.45, 7) is 14.4. The van der Waals surface area contributed by atoms with Crippen LogP contribution >= 0.6 is 11.3 Å². The van der Waals surface area contributed by atoms with Crippen LogP contribution in [0.3, 0.4) is 0 Å². The van der Waals surface area contributed by atoms with Crippen LogP contribution in [0.1, 0.15) is 43.9 Å². The molecule has 1 aromatic heterocycles. The predicted molar refractivity (Wildman–Crippen MR) is 73.2 cm³/mol. The van der Waals surface area contributed by atoms with Gasteiger partial charge < -0.3 is 4.74 Å².